The molecule has 32 heavy (non-hydrogen) atoms. The fraction of sp³-hybridized carbons (Fsp3) is 0.0833. The lowest BCUT2D eigenvalue weighted by atomic mass is 10.0. The normalized spacial score (nSPS) is 11.2. The average Bonchev–Trinajstić information content (AvgIpc) is 3.23. The Labute approximate surface area is 187 Å². The molecule has 0 aliphatic rings. The Morgan fingerprint density at radius 1 is 1.06 bits per heavy atom. The molecule has 158 valence electrons. The van der Waals surface area contributed by atoms with Crippen LogP contribution in [0.15, 0.2) is 77.9 Å². The summed E-state index contributed by atoms with van der Waals surface area (Å²) in [5.41, 5.74) is 2.89. The Morgan fingerprint density at radius 2 is 1.84 bits per heavy atom. The van der Waals surface area contributed by atoms with E-state index in [1.54, 1.807) is 24.3 Å². The molecule has 0 spiro atoms. The minimum absolute atomic E-state index is 0.226. The van der Waals surface area contributed by atoms with E-state index in [0.29, 0.717) is 21.9 Å². The molecule has 5 rings (SSSR count). The van der Waals surface area contributed by atoms with E-state index in [2.05, 4.69) is 15.5 Å². The first-order valence-electron chi connectivity index (χ1n) is 10.00. The van der Waals surface area contributed by atoms with Gasteiger partial charge in [0.2, 0.25) is 5.91 Å². The Balaban J connectivity index is 1.47. The molecular formula is C24H18ClN5O2. The van der Waals surface area contributed by atoms with Crippen molar-refractivity contribution in [3.8, 4) is 11.3 Å². The molecule has 1 amide bonds. The third-order valence-electron chi connectivity index (χ3n) is 5.39. The molecule has 5 aromatic rings. The van der Waals surface area contributed by atoms with Gasteiger partial charge in [-0.25, -0.2) is 9.20 Å². The predicted molar refractivity (Wildman–Crippen MR) is 125 cm³/mol. The summed E-state index contributed by atoms with van der Waals surface area (Å²) in [6, 6.07) is 20.9. The van der Waals surface area contributed by atoms with Crippen LogP contribution in [0.1, 0.15) is 5.56 Å². The largest absolute Gasteiger partial charge is 0.324 e. The van der Waals surface area contributed by atoms with Crippen LogP contribution in [-0.4, -0.2) is 25.3 Å². The molecule has 0 saturated carbocycles. The van der Waals surface area contributed by atoms with Crippen molar-refractivity contribution in [2.45, 2.75) is 13.5 Å². The highest BCUT2D eigenvalue weighted by molar-refractivity contribution is 6.31. The highest BCUT2D eigenvalue weighted by Crippen LogP contribution is 2.28. The number of fused-ring (bicyclic) bond motifs is 2. The van der Waals surface area contributed by atoms with Crippen LogP contribution < -0.4 is 10.9 Å². The summed E-state index contributed by atoms with van der Waals surface area (Å²) in [5, 5.41) is 14.1. The number of amides is 1. The van der Waals surface area contributed by atoms with Gasteiger partial charge >= 0.3 is 0 Å². The fourth-order valence-electron chi connectivity index (χ4n) is 3.70. The number of carbonyl (C=O) groups is 1. The third kappa shape index (κ3) is 3.52. The van der Waals surface area contributed by atoms with Crippen molar-refractivity contribution in [2.75, 3.05) is 5.32 Å². The van der Waals surface area contributed by atoms with Gasteiger partial charge in [0.15, 0.2) is 0 Å². The van der Waals surface area contributed by atoms with Gasteiger partial charge in [0.05, 0.1) is 5.69 Å². The summed E-state index contributed by atoms with van der Waals surface area (Å²) in [4.78, 5) is 25.5. The van der Waals surface area contributed by atoms with Gasteiger partial charge in [-0.05, 0) is 41.5 Å². The van der Waals surface area contributed by atoms with Crippen molar-refractivity contribution in [1.29, 1.82) is 0 Å². The second-order valence-electron chi connectivity index (χ2n) is 7.44. The van der Waals surface area contributed by atoms with Gasteiger partial charge in [0.25, 0.3) is 5.56 Å². The highest BCUT2D eigenvalue weighted by atomic mass is 35.5. The van der Waals surface area contributed by atoms with Crippen LogP contribution in [0, 0.1) is 6.92 Å². The van der Waals surface area contributed by atoms with Crippen molar-refractivity contribution in [1.82, 2.24) is 19.4 Å². The second-order valence-corrected chi connectivity index (χ2v) is 7.85. The fourth-order valence-corrected chi connectivity index (χ4v) is 3.87. The molecule has 2 heterocycles. The Hall–Kier alpha value is -3.97. The zero-order valence-corrected chi connectivity index (χ0v) is 17.9. The first-order chi connectivity index (χ1) is 15.5. The molecule has 0 bridgehead atoms. The van der Waals surface area contributed by atoms with Crippen LogP contribution in [0.25, 0.3) is 27.5 Å². The molecule has 3 aromatic carbocycles. The van der Waals surface area contributed by atoms with E-state index in [0.717, 1.165) is 26.6 Å². The molecule has 7 nitrogen and oxygen atoms in total. The number of hydrogen-bond donors (Lipinski definition) is 1. The summed E-state index contributed by atoms with van der Waals surface area (Å²) < 4.78 is 2.56. The molecular weight excluding hydrogens is 426 g/mol. The van der Waals surface area contributed by atoms with Crippen molar-refractivity contribution in [2.24, 2.45) is 0 Å². The first-order valence-corrected chi connectivity index (χ1v) is 10.4. The number of rotatable bonds is 4. The first kappa shape index (κ1) is 20.0. The summed E-state index contributed by atoms with van der Waals surface area (Å²) in [7, 11) is 0. The van der Waals surface area contributed by atoms with Gasteiger partial charge in [-0.1, -0.05) is 60.1 Å². The van der Waals surface area contributed by atoms with E-state index in [4.69, 9.17) is 11.6 Å². The molecule has 1 N–H and O–H groups in total. The number of benzene rings is 3. The van der Waals surface area contributed by atoms with E-state index >= 15 is 0 Å². The van der Waals surface area contributed by atoms with E-state index in [-0.39, 0.29) is 12.5 Å². The van der Waals surface area contributed by atoms with Gasteiger partial charge < -0.3 is 5.32 Å². The molecule has 0 atom stereocenters. The summed E-state index contributed by atoms with van der Waals surface area (Å²) in [6.45, 7) is 1.59. The Morgan fingerprint density at radius 3 is 2.72 bits per heavy atom. The summed E-state index contributed by atoms with van der Waals surface area (Å²) in [6.07, 6.45) is 1.43. The topological polar surface area (TPSA) is 81.3 Å². The molecule has 0 fully saturated rings. The molecule has 2 aromatic heterocycles. The number of hydrogen-bond acceptors (Lipinski definition) is 4. The lowest BCUT2D eigenvalue weighted by Crippen LogP contribution is -2.30. The number of aromatic nitrogens is 4. The maximum atomic E-state index is 13.0. The lowest BCUT2D eigenvalue weighted by molar-refractivity contribution is -0.117. The van der Waals surface area contributed by atoms with Crippen LogP contribution in [0.4, 0.5) is 5.69 Å². The van der Waals surface area contributed by atoms with Gasteiger partial charge in [-0.2, -0.15) is 10.2 Å². The monoisotopic (exact) mass is 443 g/mol. The van der Waals surface area contributed by atoms with E-state index in [1.807, 2.05) is 49.4 Å². The SMILES string of the molecule is Cc1c(Cl)cccc1NC(=O)Cn1ncn2nc(-c3cccc4ccccc34)cc2c1=O. The van der Waals surface area contributed by atoms with Crippen LogP contribution in [0.5, 0.6) is 0 Å². The minimum atomic E-state index is -0.399. The van der Waals surface area contributed by atoms with Crippen LogP contribution in [0.2, 0.25) is 5.02 Å². The van der Waals surface area contributed by atoms with Crippen molar-refractivity contribution in [3.63, 3.8) is 0 Å². The van der Waals surface area contributed by atoms with Crippen molar-refractivity contribution < 1.29 is 4.79 Å². The van der Waals surface area contributed by atoms with Gasteiger partial charge in [0, 0.05) is 16.3 Å². The smallest absolute Gasteiger partial charge is 0.293 e. The maximum Gasteiger partial charge on any atom is 0.293 e. The molecule has 0 aliphatic carbocycles. The van der Waals surface area contributed by atoms with Gasteiger partial charge in [-0.3, -0.25) is 9.59 Å². The summed E-state index contributed by atoms with van der Waals surface area (Å²) >= 11 is 6.11. The quantitative estimate of drug-likeness (QED) is 0.448. The van der Waals surface area contributed by atoms with E-state index < -0.39 is 5.56 Å². The zero-order valence-electron chi connectivity index (χ0n) is 17.1. The number of carbonyl (C=O) groups excluding carboxylic acids is 1. The molecule has 8 heteroatoms. The molecule has 0 radical (unpaired) electrons. The van der Waals surface area contributed by atoms with Gasteiger partial charge in [-0.15, -0.1) is 0 Å². The Kier molecular flexibility index (Phi) is 4.95. The zero-order chi connectivity index (χ0) is 22.2. The number of nitrogens with one attached hydrogen (secondary N) is 1. The minimum Gasteiger partial charge on any atom is -0.324 e. The lowest BCUT2D eigenvalue weighted by Gasteiger charge is -2.10. The number of halogens is 1. The molecule has 0 unspecified atom stereocenters. The highest BCUT2D eigenvalue weighted by Gasteiger charge is 2.14. The summed E-state index contributed by atoms with van der Waals surface area (Å²) in [5.74, 6) is -0.372. The van der Waals surface area contributed by atoms with Crippen LogP contribution in [-0.2, 0) is 11.3 Å². The van der Waals surface area contributed by atoms with Crippen molar-refractivity contribution in [3.05, 3.63) is 94.0 Å². The Bertz CT molecular complexity index is 1550. The number of nitrogens with zero attached hydrogens (tertiary/aromatic N) is 4. The molecule has 0 saturated heterocycles. The maximum absolute atomic E-state index is 13.0. The average molecular weight is 444 g/mol. The van der Waals surface area contributed by atoms with Crippen LogP contribution >= 0.6 is 11.6 Å². The van der Waals surface area contributed by atoms with Gasteiger partial charge in [0.1, 0.15) is 18.4 Å². The van der Waals surface area contributed by atoms with Crippen LogP contribution in [0.3, 0.4) is 0 Å². The standard InChI is InChI=1S/C24H18ClN5O2/c1-15-19(25)10-5-11-20(15)27-23(31)13-29-24(32)22-12-21(28-30(22)14-26-29)18-9-4-7-16-6-2-3-8-17(16)18/h2-12,14H,13H2,1H3,(H,27,31). The second kappa shape index (κ2) is 7.94. The van der Waals surface area contributed by atoms with E-state index in [9.17, 15) is 9.59 Å². The third-order valence-corrected chi connectivity index (χ3v) is 5.80. The molecule has 0 aliphatic heterocycles. The predicted octanol–water partition coefficient (Wildman–Crippen LogP) is 4.31. The van der Waals surface area contributed by atoms with E-state index in [1.165, 1.54) is 10.8 Å². The number of anilines is 1. The van der Waals surface area contributed by atoms with Crippen molar-refractivity contribution >= 4 is 39.5 Å².